The van der Waals surface area contributed by atoms with E-state index in [1.165, 1.54) is 11.3 Å². The molecule has 156 valence electrons. The Morgan fingerprint density at radius 3 is 2.63 bits per heavy atom. The number of nitrogens with zero attached hydrogens (tertiary/aromatic N) is 2. The Balaban J connectivity index is 1.89. The predicted octanol–water partition coefficient (Wildman–Crippen LogP) is 6.50. The zero-order chi connectivity index (χ0) is 21.9. The zero-order valence-electron chi connectivity index (χ0n) is 18.0. The first-order valence-electron chi connectivity index (χ1n) is 10.4. The summed E-state index contributed by atoms with van der Waals surface area (Å²) in [6.45, 7) is 10.1. The summed E-state index contributed by atoms with van der Waals surface area (Å²) in [6, 6.07) is 15.6. The van der Waals surface area contributed by atoms with E-state index in [1.807, 2.05) is 24.3 Å². The summed E-state index contributed by atoms with van der Waals surface area (Å²) < 4.78 is 0.931. The van der Waals surface area contributed by atoms with Gasteiger partial charge in [0.1, 0.15) is 11.6 Å². The van der Waals surface area contributed by atoms with Crippen LogP contribution in [0.5, 0.6) is 0 Å². The van der Waals surface area contributed by atoms with E-state index in [4.69, 9.17) is 0 Å². The van der Waals surface area contributed by atoms with Crippen molar-refractivity contribution in [2.45, 2.75) is 52.0 Å². The number of rotatable bonds is 5. The number of hydrogen-bond donors (Lipinski definition) is 1. The molecule has 3 rings (SSSR count). The third-order valence-corrected chi connectivity index (χ3v) is 6.16. The molecule has 1 atom stereocenters. The number of anilines is 2. The molecule has 1 heterocycles. The highest BCUT2D eigenvalue weighted by atomic mass is 79.9. The van der Waals surface area contributed by atoms with Gasteiger partial charge >= 0.3 is 0 Å². The van der Waals surface area contributed by atoms with Crippen LogP contribution in [-0.2, 0) is 4.79 Å². The highest BCUT2D eigenvalue weighted by molar-refractivity contribution is 9.10. The Bertz CT molecular complexity index is 1000. The highest BCUT2D eigenvalue weighted by Crippen LogP contribution is 2.43. The molecule has 2 aromatic carbocycles. The first-order chi connectivity index (χ1) is 14.2. The molecule has 4 nitrogen and oxygen atoms in total. The summed E-state index contributed by atoms with van der Waals surface area (Å²) in [7, 11) is 0. The van der Waals surface area contributed by atoms with Crippen LogP contribution in [0.2, 0.25) is 0 Å². The lowest BCUT2D eigenvalue weighted by molar-refractivity contribution is -0.112. The molecule has 1 amide bonds. The van der Waals surface area contributed by atoms with E-state index in [0.29, 0.717) is 11.6 Å². The Morgan fingerprint density at radius 1 is 1.30 bits per heavy atom. The molecule has 0 aliphatic carbocycles. The third-order valence-electron chi connectivity index (χ3n) is 5.64. The van der Waals surface area contributed by atoms with E-state index in [-0.39, 0.29) is 11.1 Å². The molecule has 1 aliphatic heterocycles. The van der Waals surface area contributed by atoms with Gasteiger partial charge in [0.15, 0.2) is 0 Å². The maximum absolute atomic E-state index is 12.6. The molecule has 30 heavy (non-hydrogen) atoms. The Morgan fingerprint density at radius 2 is 2.00 bits per heavy atom. The van der Waals surface area contributed by atoms with Crippen molar-refractivity contribution in [2.24, 2.45) is 0 Å². The predicted molar refractivity (Wildman–Crippen MR) is 128 cm³/mol. The minimum atomic E-state index is -0.403. The van der Waals surface area contributed by atoms with Crippen molar-refractivity contribution in [3.05, 3.63) is 63.6 Å². The van der Waals surface area contributed by atoms with E-state index < -0.39 is 5.91 Å². The van der Waals surface area contributed by atoms with Crippen molar-refractivity contribution >= 4 is 39.3 Å². The number of carbonyl (C=O) groups excluding carboxylic acids is 1. The molecule has 0 saturated heterocycles. The van der Waals surface area contributed by atoms with Crippen LogP contribution in [0.1, 0.15) is 57.6 Å². The second-order valence-corrected chi connectivity index (χ2v) is 9.43. The van der Waals surface area contributed by atoms with Crippen LogP contribution >= 0.6 is 15.9 Å². The van der Waals surface area contributed by atoms with Crippen LogP contribution in [0.25, 0.3) is 6.08 Å². The first-order valence-corrected chi connectivity index (χ1v) is 11.1. The molecule has 2 aromatic rings. The second kappa shape index (κ2) is 9.06. The summed E-state index contributed by atoms with van der Waals surface area (Å²) in [5.41, 5.74) is 4.27. The van der Waals surface area contributed by atoms with Crippen molar-refractivity contribution in [3.63, 3.8) is 0 Å². The first kappa shape index (κ1) is 22.1. The average molecular weight is 466 g/mol. The number of benzene rings is 2. The SMILES string of the molecule is CCCN1c2ccc(/C=C(\C#N)C(=O)Nc3ccc(Br)cc3)cc2C(C)CC1(C)C. The van der Waals surface area contributed by atoms with Gasteiger partial charge in [-0.25, -0.2) is 0 Å². The smallest absolute Gasteiger partial charge is 0.266 e. The summed E-state index contributed by atoms with van der Waals surface area (Å²) in [5.74, 6) is 0.0120. The summed E-state index contributed by atoms with van der Waals surface area (Å²) in [6.07, 6.45) is 3.83. The number of carbonyl (C=O) groups is 1. The van der Waals surface area contributed by atoms with Gasteiger partial charge in [-0.05, 0) is 86.2 Å². The number of amides is 1. The normalized spacial score (nSPS) is 17.8. The molecule has 1 aliphatic rings. The van der Waals surface area contributed by atoms with Gasteiger partial charge in [-0.3, -0.25) is 4.79 Å². The van der Waals surface area contributed by atoms with Gasteiger partial charge < -0.3 is 10.2 Å². The minimum Gasteiger partial charge on any atom is -0.366 e. The molecule has 1 N–H and O–H groups in total. The Kier molecular flexibility index (Phi) is 6.67. The summed E-state index contributed by atoms with van der Waals surface area (Å²) in [5, 5.41) is 12.3. The fraction of sp³-hybridized carbons (Fsp3) is 0.360. The molecule has 0 radical (unpaired) electrons. The van der Waals surface area contributed by atoms with Crippen LogP contribution in [0, 0.1) is 11.3 Å². The Hall–Kier alpha value is -2.58. The van der Waals surface area contributed by atoms with Crippen LogP contribution in [0.3, 0.4) is 0 Å². The largest absolute Gasteiger partial charge is 0.366 e. The molecule has 0 spiro atoms. The number of nitrogens with one attached hydrogen (secondary N) is 1. The van der Waals surface area contributed by atoms with Crippen LogP contribution in [0.4, 0.5) is 11.4 Å². The van der Waals surface area contributed by atoms with Crippen LogP contribution in [0.15, 0.2) is 52.5 Å². The van der Waals surface area contributed by atoms with Crippen LogP contribution in [-0.4, -0.2) is 18.0 Å². The maximum Gasteiger partial charge on any atom is 0.266 e. The van der Waals surface area contributed by atoms with E-state index in [1.54, 1.807) is 18.2 Å². The molecular formula is C25H28BrN3O. The lowest BCUT2D eigenvalue weighted by atomic mass is 9.79. The van der Waals surface area contributed by atoms with E-state index in [0.717, 1.165) is 29.4 Å². The third kappa shape index (κ3) is 4.76. The molecule has 0 aromatic heterocycles. The van der Waals surface area contributed by atoms with Crippen molar-refractivity contribution in [3.8, 4) is 6.07 Å². The quantitative estimate of drug-likeness (QED) is 0.404. The summed E-state index contributed by atoms with van der Waals surface area (Å²) >= 11 is 3.37. The fourth-order valence-corrected chi connectivity index (χ4v) is 4.56. The molecule has 5 heteroatoms. The van der Waals surface area contributed by atoms with Gasteiger partial charge in [0, 0.05) is 27.9 Å². The average Bonchev–Trinajstić information content (AvgIpc) is 2.70. The van der Waals surface area contributed by atoms with Gasteiger partial charge in [-0.2, -0.15) is 5.26 Å². The number of hydrogen-bond acceptors (Lipinski definition) is 3. The van der Waals surface area contributed by atoms with Gasteiger partial charge in [-0.1, -0.05) is 35.8 Å². The second-order valence-electron chi connectivity index (χ2n) is 8.52. The van der Waals surface area contributed by atoms with Gasteiger partial charge in [0.2, 0.25) is 0 Å². The number of halogens is 1. The van der Waals surface area contributed by atoms with Crippen molar-refractivity contribution in [2.75, 3.05) is 16.8 Å². The highest BCUT2D eigenvalue weighted by Gasteiger charge is 2.35. The zero-order valence-corrected chi connectivity index (χ0v) is 19.6. The molecule has 1 unspecified atom stereocenters. The van der Waals surface area contributed by atoms with E-state index in [9.17, 15) is 10.1 Å². The monoisotopic (exact) mass is 465 g/mol. The fourth-order valence-electron chi connectivity index (χ4n) is 4.29. The van der Waals surface area contributed by atoms with Crippen molar-refractivity contribution in [1.29, 1.82) is 5.26 Å². The lowest BCUT2D eigenvalue weighted by Crippen LogP contribution is -2.48. The van der Waals surface area contributed by atoms with Gasteiger partial charge in [-0.15, -0.1) is 0 Å². The van der Waals surface area contributed by atoms with Gasteiger partial charge in [0.25, 0.3) is 5.91 Å². The Labute approximate surface area is 187 Å². The van der Waals surface area contributed by atoms with E-state index >= 15 is 0 Å². The van der Waals surface area contributed by atoms with Gasteiger partial charge in [0.05, 0.1) is 0 Å². The molecular weight excluding hydrogens is 438 g/mol. The molecule has 0 fully saturated rings. The topological polar surface area (TPSA) is 56.1 Å². The molecule has 0 bridgehead atoms. The minimum absolute atomic E-state index is 0.0899. The number of fused-ring (bicyclic) bond motifs is 1. The van der Waals surface area contributed by atoms with Crippen LogP contribution < -0.4 is 10.2 Å². The van der Waals surface area contributed by atoms with E-state index in [2.05, 4.69) is 66.0 Å². The van der Waals surface area contributed by atoms with Crippen molar-refractivity contribution in [1.82, 2.24) is 0 Å². The standard InChI is InChI=1S/C25H28BrN3O/c1-5-12-29-23-11-6-18(14-22(23)17(2)15-25(29,3)4)13-19(16-27)24(30)28-21-9-7-20(26)8-10-21/h6-11,13-14,17H,5,12,15H2,1-4H3,(H,28,30)/b19-13+. The maximum atomic E-state index is 12.6. The molecule has 0 saturated carbocycles. The lowest BCUT2D eigenvalue weighted by Gasteiger charge is -2.47. The summed E-state index contributed by atoms with van der Waals surface area (Å²) in [4.78, 5) is 15.1. The van der Waals surface area contributed by atoms with Crippen molar-refractivity contribution < 1.29 is 4.79 Å². The number of nitriles is 1.